The number of thioether (sulfide) groups is 1. The second-order valence-corrected chi connectivity index (χ2v) is 9.10. The molecule has 1 aromatic carbocycles. The van der Waals surface area contributed by atoms with Gasteiger partial charge in [0.2, 0.25) is 11.0 Å². The highest BCUT2D eigenvalue weighted by Gasteiger charge is 2.25. The van der Waals surface area contributed by atoms with E-state index in [1.807, 2.05) is 17.0 Å². The van der Waals surface area contributed by atoms with Crippen LogP contribution in [0.5, 0.6) is 0 Å². The minimum Gasteiger partial charge on any atom is -0.341 e. The average Bonchev–Trinajstić information content (AvgIpc) is 3.01. The maximum Gasteiger partial charge on any atom is 0.233 e. The van der Waals surface area contributed by atoms with Crippen molar-refractivity contribution in [1.29, 1.82) is 0 Å². The number of nitrogens with zero attached hydrogens (tertiary/aromatic N) is 3. The van der Waals surface area contributed by atoms with Crippen molar-refractivity contribution in [2.75, 3.05) is 24.2 Å². The smallest absolute Gasteiger partial charge is 0.233 e. The minimum atomic E-state index is 0.201. The molecule has 0 bridgehead atoms. The average molecular weight is 377 g/mol. The van der Waals surface area contributed by atoms with Gasteiger partial charge in [0, 0.05) is 18.8 Å². The van der Waals surface area contributed by atoms with E-state index in [2.05, 4.69) is 48.4 Å². The molecule has 134 valence electrons. The summed E-state index contributed by atoms with van der Waals surface area (Å²) in [6.07, 6.45) is 1.21. The first-order valence-electron chi connectivity index (χ1n) is 8.57. The number of amides is 1. The molecular formula is C18H24N4OS2. The van der Waals surface area contributed by atoms with E-state index in [1.54, 1.807) is 0 Å². The quantitative estimate of drug-likeness (QED) is 0.793. The largest absolute Gasteiger partial charge is 0.341 e. The SMILES string of the molecule is Cc1ccc(Nc2nnc(SCC(=O)N3CC(C)CC(C)C3)s2)cc1. The Morgan fingerprint density at radius 2 is 1.92 bits per heavy atom. The van der Waals surface area contributed by atoms with E-state index in [0.29, 0.717) is 17.6 Å². The van der Waals surface area contributed by atoms with Gasteiger partial charge in [-0.3, -0.25) is 4.79 Å². The van der Waals surface area contributed by atoms with Crippen LogP contribution >= 0.6 is 23.1 Å². The summed E-state index contributed by atoms with van der Waals surface area (Å²) in [7, 11) is 0. The molecule has 1 aliphatic rings. The normalized spacial score (nSPS) is 20.5. The number of anilines is 2. The Kier molecular flexibility index (Phi) is 5.96. The monoisotopic (exact) mass is 376 g/mol. The standard InChI is InChI=1S/C18H24N4OS2/c1-12-4-6-15(7-5-12)19-17-20-21-18(25-17)24-11-16(23)22-9-13(2)8-14(3)10-22/h4-7,13-14H,8-11H2,1-3H3,(H,19,20). The number of hydrogen-bond acceptors (Lipinski definition) is 6. The lowest BCUT2D eigenvalue weighted by molar-refractivity contribution is -0.130. The topological polar surface area (TPSA) is 58.1 Å². The fourth-order valence-electron chi connectivity index (χ4n) is 3.16. The molecule has 2 aromatic rings. The predicted octanol–water partition coefficient (Wildman–Crippen LogP) is 4.19. The van der Waals surface area contributed by atoms with Gasteiger partial charge in [-0.05, 0) is 37.3 Å². The van der Waals surface area contributed by atoms with E-state index in [0.717, 1.165) is 28.2 Å². The van der Waals surface area contributed by atoms with Crippen LogP contribution < -0.4 is 5.32 Å². The van der Waals surface area contributed by atoms with Crippen LogP contribution in [-0.4, -0.2) is 39.8 Å². The summed E-state index contributed by atoms with van der Waals surface area (Å²) >= 11 is 2.95. The number of piperidine rings is 1. The second kappa shape index (κ2) is 8.19. The van der Waals surface area contributed by atoms with Gasteiger partial charge in [0.05, 0.1) is 5.75 Å². The molecule has 1 aliphatic heterocycles. The Balaban J connectivity index is 1.51. The van der Waals surface area contributed by atoms with Crippen LogP contribution in [0.2, 0.25) is 0 Å². The van der Waals surface area contributed by atoms with Crippen molar-refractivity contribution in [2.24, 2.45) is 11.8 Å². The number of carbonyl (C=O) groups excluding carboxylic acids is 1. The molecule has 5 nitrogen and oxygen atoms in total. The van der Waals surface area contributed by atoms with E-state index in [9.17, 15) is 4.79 Å². The zero-order valence-electron chi connectivity index (χ0n) is 14.9. The van der Waals surface area contributed by atoms with Crippen LogP contribution in [0.15, 0.2) is 28.6 Å². The van der Waals surface area contributed by atoms with Gasteiger partial charge in [0.15, 0.2) is 4.34 Å². The van der Waals surface area contributed by atoms with Crippen LogP contribution in [0.4, 0.5) is 10.8 Å². The third kappa shape index (κ3) is 5.19. The molecule has 2 unspecified atom stereocenters. The molecule has 0 spiro atoms. The van der Waals surface area contributed by atoms with Gasteiger partial charge in [-0.25, -0.2) is 0 Å². The van der Waals surface area contributed by atoms with Crippen LogP contribution in [0, 0.1) is 18.8 Å². The summed E-state index contributed by atoms with van der Waals surface area (Å²) in [5.41, 5.74) is 2.21. The zero-order chi connectivity index (χ0) is 17.8. The molecule has 0 aliphatic carbocycles. The molecule has 1 amide bonds. The van der Waals surface area contributed by atoms with E-state index in [-0.39, 0.29) is 5.91 Å². The van der Waals surface area contributed by atoms with Crippen molar-refractivity contribution >= 4 is 39.8 Å². The minimum absolute atomic E-state index is 0.201. The first-order chi connectivity index (χ1) is 12.0. The van der Waals surface area contributed by atoms with E-state index in [1.165, 1.54) is 35.1 Å². The lowest BCUT2D eigenvalue weighted by atomic mass is 9.92. The Morgan fingerprint density at radius 1 is 1.24 bits per heavy atom. The molecule has 25 heavy (non-hydrogen) atoms. The molecule has 7 heteroatoms. The fraction of sp³-hybridized carbons (Fsp3) is 0.500. The van der Waals surface area contributed by atoms with E-state index in [4.69, 9.17) is 0 Å². The molecular weight excluding hydrogens is 352 g/mol. The molecule has 0 saturated carbocycles. The first-order valence-corrected chi connectivity index (χ1v) is 10.4. The third-order valence-electron chi connectivity index (χ3n) is 4.25. The number of likely N-dealkylation sites (tertiary alicyclic amines) is 1. The van der Waals surface area contributed by atoms with Crippen molar-refractivity contribution in [2.45, 2.75) is 31.5 Å². The lowest BCUT2D eigenvalue weighted by Gasteiger charge is -2.34. The Bertz CT molecular complexity index is 706. The molecule has 0 radical (unpaired) electrons. The molecule has 1 fully saturated rings. The number of carbonyl (C=O) groups is 1. The number of hydrogen-bond donors (Lipinski definition) is 1. The number of nitrogens with one attached hydrogen (secondary N) is 1. The van der Waals surface area contributed by atoms with Crippen LogP contribution in [-0.2, 0) is 4.79 Å². The maximum absolute atomic E-state index is 12.4. The molecule has 3 rings (SSSR count). The predicted molar refractivity (Wildman–Crippen MR) is 105 cm³/mol. The van der Waals surface area contributed by atoms with Gasteiger partial charge in [-0.1, -0.05) is 54.6 Å². The zero-order valence-corrected chi connectivity index (χ0v) is 16.5. The van der Waals surface area contributed by atoms with Crippen LogP contribution in [0.1, 0.15) is 25.8 Å². The van der Waals surface area contributed by atoms with Gasteiger partial charge in [-0.2, -0.15) is 0 Å². The van der Waals surface area contributed by atoms with Gasteiger partial charge in [-0.15, -0.1) is 10.2 Å². The molecule has 1 aromatic heterocycles. The highest BCUT2D eigenvalue weighted by atomic mass is 32.2. The van der Waals surface area contributed by atoms with E-state index >= 15 is 0 Å². The van der Waals surface area contributed by atoms with Crippen molar-refractivity contribution in [3.8, 4) is 0 Å². The summed E-state index contributed by atoms with van der Waals surface area (Å²) in [5, 5.41) is 12.3. The number of rotatable bonds is 5. The lowest BCUT2D eigenvalue weighted by Crippen LogP contribution is -2.43. The highest BCUT2D eigenvalue weighted by molar-refractivity contribution is 8.01. The van der Waals surface area contributed by atoms with Crippen LogP contribution in [0.25, 0.3) is 0 Å². The summed E-state index contributed by atoms with van der Waals surface area (Å²) in [6, 6.07) is 8.15. The maximum atomic E-state index is 12.4. The first kappa shape index (κ1) is 18.2. The summed E-state index contributed by atoms with van der Waals surface area (Å²) < 4.78 is 0.820. The van der Waals surface area contributed by atoms with Gasteiger partial charge in [0.25, 0.3) is 0 Å². The van der Waals surface area contributed by atoms with Crippen molar-refractivity contribution in [3.63, 3.8) is 0 Å². The molecule has 1 saturated heterocycles. The molecule has 2 atom stereocenters. The molecule has 2 heterocycles. The summed E-state index contributed by atoms with van der Waals surface area (Å²) in [5.74, 6) is 1.80. The second-order valence-electron chi connectivity index (χ2n) is 6.90. The Labute approximate surface area is 157 Å². The Hall–Kier alpha value is -1.60. The third-order valence-corrected chi connectivity index (χ3v) is 6.21. The summed E-state index contributed by atoms with van der Waals surface area (Å²) in [6.45, 7) is 8.25. The van der Waals surface area contributed by atoms with Crippen molar-refractivity contribution in [1.82, 2.24) is 15.1 Å². The number of benzene rings is 1. The summed E-state index contributed by atoms with van der Waals surface area (Å²) in [4.78, 5) is 14.4. The Morgan fingerprint density at radius 3 is 2.60 bits per heavy atom. The van der Waals surface area contributed by atoms with Crippen molar-refractivity contribution in [3.05, 3.63) is 29.8 Å². The van der Waals surface area contributed by atoms with Gasteiger partial charge in [0.1, 0.15) is 0 Å². The van der Waals surface area contributed by atoms with Crippen molar-refractivity contribution < 1.29 is 4.79 Å². The number of aryl methyl sites for hydroxylation is 1. The highest BCUT2D eigenvalue weighted by Crippen LogP contribution is 2.28. The van der Waals surface area contributed by atoms with Gasteiger partial charge < -0.3 is 10.2 Å². The van der Waals surface area contributed by atoms with E-state index < -0.39 is 0 Å². The van der Waals surface area contributed by atoms with Gasteiger partial charge >= 0.3 is 0 Å². The molecule has 1 N–H and O–H groups in total. The van der Waals surface area contributed by atoms with Crippen LogP contribution in [0.3, 0.4) is 0 Å². The number of aromatic nitrogens is 2. The fourth-order valence-corrected chi connectivity index (χ4v) is 4.84.